The zero-order valence-corrected chi connectivity index (χ0v) is 20.6. The molecule has 0 amide bonds. The number of carbonyl (C=O) groups is 1. The van der Waals surface area contributed by atoms with E-state index in [0.717, 1.165) is 61.0 Å². The van der Waals surface area contributed by atoms with Gasteiger partial charge >= 0.3 is 5.97 Å². The third-order valence-corrected chi connectivity index (χ3v) is 9.07. The molecule has 1 aliphatic carbocycles. The van der Waals surface area contributed by atoms with Crippen LogP contribution in [0.3, 0.4) is 0 Å². The van der Waals surface area contributed by atoms with Crippen molar-refractivity contribution in [3.63, 3.8) is 0 Å². The van der Waals surface area contributed by atoms with E-state index in [1.54, 1.807) is 0 Å². The zero-order chi connectivity index (χ0) is 23.1. The molecule has 3 aliphatic rings. The van der Waals surface area contributed by atoms with E-state index in [1.165, 1.54) is 24.8 Å². The molecule has 5 rings (SSSR count). The summed E-state index contributed by atoms with van der Waals surface area (Å²) in [6.07, 6.45) is 10.0. The van der Waals surface area contributed by atoms with Crippen LogP contribution in [0, 0.1) is 11.8 Å². The smallest absolute Gasteiger partial charge is 0.306 e. The molecule has 178 valence electrons. The number of rotatable bonds is 6. The summed E-state index contributed by atoms with van der Waals surface area (Å²) in [5.74, 6) is 0.842. The Morgan fingerprint density at radius 2 is 1.79 bits per heavy atom. The Morgan fingerprint density at radius 3 is 2.42 bits per heavy atom. The van der Waals surface area contributed by atoms with Crippen LogP contribution in [-0.4, -0.2) is 34.2 Å². The van der Waals surface area contributed by atoms with Gasteiger partial charge in [-0.3, -0.25) is 9.69 Å². The van der Waals surface area contributed by atoms with E-state index in [2.05, 4.69) is 43.0 Å². The lowest BCUT2D eigenvalue weighted by Crippen LogP contribution is -2.45. The van der Waals surface area contributed by atoms with Gasteiger partial charge in [0.05, 0.1) is 17.0 Å². The van der Waals surface area contributed by atoms with Gasteiger partial charge in [-0.15, -0.1) is 0 Å². The fraction of sp³-hybridized carbons (Fsp3) is 0.607. The SMILES string of the molecule is CCC1CCC(Oc2ccc3cc([C@@H](C)N4C5CCC4CC(C(=O)O)C5)ccc3c2Cl)CC1. The average molecular weight is 470 g/mol. The maximum atomic E-state index is 11.5. The molecule has 2 aromatic rings. The minimum absolute atomic E-state index is 0.184. The molecule has 2 bridgehead atoms. The molecule has 0 aromatic heterocycles. The lowest BCUT2D eigenvalue weighted by atomic mass is 9.86. The molecule has 0 spiro atoms. The zero-order valence-electron chi connectivity index (χ0n) is 19.8. The first-order valence-electron chi connectivity index (χ1n) is 12.8. The van der Waals surface area contributed by atoms with Gasteiger partial charge in [0.15, 0.2) is 0 Å². The predicted octanol–water partition coefficient (Wildman–Crippen LogP) is 7.23. The largest absolute Gasteiger partial charge is 0.489 e. The summed E-state index contributed by atoms with van der Waals surface area (Å²) in [6, 6.07) is 11.8. The average Bonchev–Trinajstić information content (AvgIpc) is 3.09. The fourth-order valence-corrected chi connectivity index (χ4v) is 6.98. The fourth-order valence-electron chi connectivity index (χ4n) is 6.70. The maximum Gasteiger partial charge on any atom is 0.306 e. The van der Waals surface area contributed by atoms with Crippen LogP contribution in [0.2, 0.25) is 5.02 Å². The monoisotopic (exact) mass is 469 g/mol. The number of aliphatic carboxylic acids is 1. The Balaban J connectivity index is 1.32. The Hall–Kier alpha value is -1.78. The number of nitrogens with zero attached hydrogens (tertiary/aromatic N) is 1. The number of hydrogen-bond acceptors (Lipinski definition) is 3. The number of ether oxygens (including phenoxy) is 1. The number of piperidine rings is 1. The third-order valence-electron chi connectivity index (χ3n) is 8.68. The number of carboxylic acids is 1. The summed E-state index contributed by atoms with van der Waals surface area (Å²) in [5, 5.41) is 12.4. The van der Waals surface area contributed by atoms with E-state index in [-0.39, 0.29) is 18.1 Å². The molecule has 1 N–H and O–H groups in total. The van der Waals surface area contributed by atoms with E-state index in [0.29, 0.717) is 17.1 Å². The van der Waals surface area contributed by atoms with Crippen molar-refractivity contribution in [2.75, 3.05) is 0 Å². The molecule has 2 heterocycles. The first kappa shape index (κ1) is 23.0. The topological polar surface area (TPSA) is 49.8 Å². The van der Waals surface area contributed by atoms with Crippen LogP contribution in [0.25, 0.3) is 10.8 Å². The van der Waals surface area contributed by atoms with Crippen LogP contribution in [0.1, 0.15) is 83.2 Å². The Bertz CT molecular complexity index is 1000. The summed E-state index contributed by atoms with van der Waals surface area (Å²) in [7, 11) is 0. The van der Waals surface area contributed by atoms with Crippen molar-refractivity contribution in [1.82, 2.24) is 4.90 Å². The number of hydrogen-bond donors (Lipinski definition) is 1. The molecule has 3 atom stereocenters. The van der Waals surface area contributed by atoms with Crippen LogP contribution >= 0.6 is 11.6 Å². The Morgan fingerprint density at radius 1 is 1.09 bits per heavy atom. The van der Waals surface area contributed by atoms with Crippen LogP contribution in [0.5, 0.6) is 5.75 Å². The highest BCUT2D eigenvalue weighted by Gasteiger charge is 2.45. The highest BCUT2D eigenvalue weighted by atomic mass is 35.5. The van der Waals surface area contributed by atoms with Gasteiger partial charge in [0.1, 0.15) is 5.75 Å². The quantitative estimate of drug-likeness (QED) is 0.484. The molecule has 2 aromatic carbocycles. The molecule has 3 fully saturated rings. The van der Waals surface area contributed by atoms with Crippen molar-refractivity contribution >= 4 is 28.3 Å². The van der Waals surface area contributed by atoms with Crippen LogP contribution in [-0.2, 0) is 4.79 Å². The van der Waals surface area contributed by atoms with Gasteiger partial charge in [0, 0.05) is 23.5 Å². The molecule has 0 radical (unpaired) electrons. The van der Waals surface area contributed by atoms with Crippen molar-refractivity contribution in [2.24, 2.45) is 11.8 Å². The summed E-state index contributed by atoms with van der Waals surface area (Å²) in [4.78, 5) is 14.1. The van der Waals surface area contributed by atoms with Gasteiger partial charge in [-0.2, -0.15) is 0 Å². The highest BCUT2D eigenvalue weighted by Crippen LogP contribution is 2.44. The van der Waals surface area contributed by atoms with Gasteiger partial charge in [0.25, 0.3) is 0 Å². The van der Waals surface area contributed by atoms with Crippen LogP contribution in [0.15, 0.2) is 30.3 Å². The number of benzene rings is 2. The molecule has 2 saturated heterocycles. The number of halogens is 1. The minimum Gasteiger partial charge on any atom is -0.489 e. The Kier molecular flexibility index (Phi) is 6.59. The Labute approximate surface area is 202 Å². The lowest BCUT2D eigenvalue weighted by Gasteiger charge is -2.41. The number of fused-ring (bicyclic) bond motifs is 3. The van der Waals surface area contributed by atoms with Crippen LogP contribution in [0.4, 0.5) is 0 Å². The molecular weight excluding hydrogens is 434 g/mol. The van der Waals surface area contributed by atoms with Crippen molar-refractivity contribution in [2.45, 2.75) is 95.9 Å². The lowest BCUT2D eigenvalue weighted by molar-refractivity contribution is -0.144. The van der Waals surface area contributed by atoms with Crippen molar-refractivity contribution in [3.8, 4) is 5.75 Å². The summed E-state index contributed by atoms with van der Waals surface area (Å²) >= 11 is 6.81. The molecule has 5 heteroatoms. The summed E-state index contributed by atoms with van der Waals surface area (Å²) < 4.78 is 6.34. The molecular formula is C28H36ClNO3. The van der Waals surface area contributed by atoms with Crippen molar-refractivity contribution in [3.05, 3.63) is 40.9 Å². The molecule has 4 nitrogen and oxygen atoms in total. The first-order valence-corrected chi connectivity index (χ1v) is 13.2. The highest BCUT2D eigenvalue weighted by molar-refractivity contribution is 6.37. The second-order valence-electron chi connectivity index (χ2n) is 10.5. The molecule has 2 aliphatic heterocycles. The predicted molar refractivity (Wildman–Crippen MR) is 133 cm³/mol. The van der Waals surface area contributed by atoms with E-state index >= 15 is 0 Å². The maximum absolute atomic E-state index is 11.5. The minimum atomic E-state index is -0.629. The van der Waals surface area contributed by atoms with Gasteiger partial charge in [-0.25, -0.2) is 0 Å². The normalized spacial score (nSPS) is 30.9. The van der Waals surface area contributed by atoms with Crippen molar-refractivity contribution < 1.29 is 14.6 Å². The second-order valence-corrected chi connectivity index (χ2v) is 10.9. The standard InChI is InChI=1S/C28H36ClNO3/c1-3-18-4-10-24(11-5-18)33-26-13-7-20-14-19(6-12-25(20)27(26)29)17(2)30-22-8-9-23(30)16-21(15-22)28(31)32/h6-7,12-14,17-18,21-24H,3-5,8-11,15-16H2,1-2H3,(H,31,32)/t17-,18?,21?,22?,23?,24?/m1/s1. The molecule has 33 heavy (non-hydrogen) atoms. The van der Waals surface area contributed by atoms with Gasteiger partial charge in [0.2, 0.25) is 0 Å². The van der Waals surface area contributed by atoms with Gasteiger partial charge in [-0.05, 0) is 87.3 Å². The molecule has 1 saturated carbocycles. The van der Waals surface area contributed by atoms with E-state index in [1.807, 2.05) is 6.07 Å². The summed E-state index contributed by atoms with van der Waals surface area (Å²) in [5.41, 5.74) is 1.27. The van der Waals surface area contributed by atoms with Gasteiger partial charge in [-0.1, -0.05) is 43.1 Å². The second kappa shape index (κ2) is 9.46. The number of carboxylic acid groups (broad SMARTS) is 1. The summed E-state index contributed by atoms with van der Waals surface area (Å²) in [6.45, 7) is 4.54. The van der Waals surface area contributed by atoms with Gasteiger partial charge < -0.3 is 9.84 Å². The van der Waals surface area contributed by atoms with Crippen LogP contribution < -0.4 is 4.74 Å². The third kappa shape index (κ3) is 4.49. The van der Waals surface area contributed by atoms with E-state index in [4.69, 9.17) is 16.3 Å². The first-order chi connectivity index (χ1) is 15.9. The molecule has 2 unspecified atom stereocenters. The van der Waals surface area contributed by atoms with E-state index in [9.17, 15) is 9.90 Å². The van der Waals surface area contributed by atoms with E-state index < -0.39 is 5.97 Å². The van der Waals surface area contributed by atoms with Crippen molar-refractivity contribution in [1.29, 1.82) is 0 Å².